The molecule has 0 saturated heterocycles. The van der Waals surface area contributed by atoms with Crippen LogP contribution in [0.25, 0.3) is 0 Å². The van der Waals surface area contributed by atoms with E-state index in [1.807, 2.05) is 78.9 Å². The molecule has 3 rings (SSSR count). The second-order valence-corrected chi connectivity index (χ2v) is 7.32. The number of hydrazone groups is 1. The summed E-state index contributed by atoms with van der Waals surface area (Å²) in [5, 5.41) is 7.82. The predicted molar refractivity (Wildman–Crippen MR) is 122 cm³/mol. The van der Waals surface area contributed by atoms with Crippen molar-refractivity contribution in [2.75, 3.05) is 0 Å². The van der Waals surface area contributed by atoms with Gasteiger partial charge in [-0.2, -0.15) is 5.10 Å². The van der Waals surface area contributed by atoms with Crippen LogP contribution in [0.15, 0.2) is 88.4 Å². The minimum atomic E-state index is 0.460. The fourth-order valence-corrected chi connectivity index (χ4v) is 2.97. The van der Waals surface area contributed by atoms with Gasteiger partial charge in [-0.1, -0.05) is 76.6 Å². The van der Waals surface area contributed by atoms with Crippen molar-refractivity contribution < 1.29 is 4.74 Å². The molecule has 0 spiro atoms. The van der Waals surface area contributed by atoms with Crippen LogP contribution >= 0.6 is 28.1 Å². The van der Waals surface area contributed by atoms with E-state index in [0.29, 0.717) is 18.3 Å². The predicted octanol–water partition coefficient (Wildman–Crippen LogP) is 5.03. The molecule has 0 amide bonds. The van der Waals surface area contributed by atoms with Crippen molar-refractivity contribution in [3.63, 3.8) is 0 Å². The van der Waals surface area contributed by atoms with Crippen molar-refractivity contribution in [3.8, 4) is 5.75 Å². The molecular weight excluding hydrogens is 434 g/mol. The lowest BCUT2D eigenvalue weighted by molar-refractivity contribution is 0.306. The molecule has 0 atom stereocenters. The lowest BCUT2D eigenvalue weighted by atomic mass is 10.2. The first-order chi connectivity index (χ1) is 13.7. The van der Waals surface area contributed by atoms with Crippen LogP contribution < -0.4 is 15.5 Å². The summed E-state index contributed by atoms with van der Waals surface area (Å²) >= 11 is 8.75. The third kappa shape index (κ3) is 6.48. The molecule has 28 heavy (non-hydrogen) atoms. The second kappa shape index (κ2) is 10.6. The smallest absolute Gasteiger partial charge is 0.187 e. The molecule has 0 aromatic heterocycles. The lowest BCUT2D eigenvalue weighted by Gasteiger charge is -2.10. The number of thiocarbonyl (C=S) groups is 1. The molecule has 0 aliphatic carbocycles. The number of nitrogens with zero attached hydrogens (tertiary/aromatic N) is 1. The fourth-order valence-electron chi connectivity index (χ4n) is 2.47. The molecular formula is C22H20BrN3OS. The Labute approximate surface area is 178 Å². The highest BCUT2D eigenvalue weighted by atomic mass is 79.9. The summed E-state index contributed by atoms with van der Waals surface area (Å²) < 4.78 is 6.90. The van der Waals surface area contributed by atoms with Gasteiger partial charge in [0.15, 0.2) is 5.11 Å². The Kier molecular flexibility index (Phi) is 7.58. The van der Waals surface area contributed by atoms with Crippen molar-refractivity contribution in [1.29, 1.82) is 0 Å². The highest BCUT2D eigenvalue weighted by Crippen LogP contribution is 2.22. The van der Waals surface area contributed by atoms with Gasteiger partial charge in [-0.3, -0.25) is 5.43 Å². The van der Waals surface area contributed by atoms with Gasteiger partial charge in [-0.05, 0) is 41.5 Å². The number of rotatable bonds is 7. The zero-order valence-corrected chi connectivity index (χ0v) is 17.5. The molecule has 0 unspecified atom stereocenters. The molecule has 6 heteroatoms. The van der Waals surface area contributed by atoms with Crippen LogP contribution in [0.4, 0.5) is 0 Å². The summed E-state index contributed by atoms with van der Waals surface area (Å²) in [6.45, 7) is 1.14. The van der Waals surface area contributed by atoms with Gasteiger partial charge in [-0.15, -0.1) is 0 Å². The van der Waals surface area contributed by atoms with E-state index >= 15 is 0 Å². The van der Waals surface area contributed by atoms with Crippen molar-refractivity contribution >= 4 is 39.5 Å². The minimum absolute atomic E-state index is 0.460. The number of ether oxygens (including phenoxy) is 1. The van der Waals surface area contributed by atoms with Gasteiger partial charge in [0.05, 0.1) is 6.21 Å². The van der Waals surface area contributed by atoms with E-state index in [2.05, 4.69) is 31.8 Å². The maximum atomic E-state index is 5.95. The van der Waals surface area contributed by atoms with Crippen molar-refractivity contribution in [1.82, 2.24) is 10.7 Å². The Bertz CT molecular complexity index is 933. The maximum Gasteiger partial charge on any atom is 0.187 e. The Balaban J connectivity index is 1.56. The summed E-state index contributed by atoms with van der Waals surface area (Å²) in [6.07, 6.45) is 1.70. The average Bonchev–Trinajstić information content (AvgIpc) is 2.73. The van der Waals surface area contributed by atoms with Gasteiger partial charge in [-0.25, -0.2) is 0 Å². The minimum Gasteiger partial charge on any atom is -0.488 e. The topological polar surface area (TPSA) is 45.7 Å². The molecule has 0 fully saturated rings. The Morgan fingerprint density at radius 3 is 2.36 bits per heavy atom. The van der Waals surface area contributed by atoms with Gasteiger partial charge < -0.3 is 10.1 Å². The molecule has 0 aliphatic rings. The zero-order chi connectivity index (χ0) is 19.6. The van der Waals surface area contributed by atoms with Crippen LogP contribution in [-0.4, -0.2) is 11.3 Å². The van der Waals surface area contributed by atoms with Crippen LogP contribution in [0.5, 0.6) is 5.75 Å². The van der Waals surface area contributed by atoms with E-state index in [9.17, 15) is 0 Å². The lowest BCUT2D eigenvalue weighted by Crippen LogP contribution is -2.31. The molecule has 0 heterocycles. The molecule has 0 saturated carbocycles. The summed E-state index contributed by atoms with van der Waals surface area (Å²) in [7, 11) is 0. The molecule has 142 valence electrons. The maximum absolute atomic E-state index is 5.95. The first-order valence-corrected chi connectivity index (χ1v) is 9.98. The van der Waals surface area contributed by atoms with E-state index < -0.39 is 0 Å². The Hall–Kier alpha value is -2.70. The zero-order valence-electron chi connectivity index (χ0n) is 15.1. The highest BCUT2D eigenvalue weighted by Gasteiger charge is 2.04. The van der Waals surface area contributed by atoms with Crippen LogP contribution in [0.3, 0.4) is 0 Å². The van der Waals surface area contributed by atoms with Crippen molar-refractivity contribution in [2.45, 2.75) is 13.2 Å². The number of nitrogens with one attached hydrogen (secondary N) is 2. The van der Waals surface area contributed by atoms with Gasteiger partial charge in [0.2, 0.25) is 0 Å². The van der Waals surface area contributed by atoms with Gasteiger partial charge in [0, 0.05) is 16.6 Å². The van der Waals surface area contributed by atoms with E-state index in [4.69, 9.17) is 17.0 Å². The molecule has 0 aliphatic heterocycles. The molecule has 4 nitrogen and oxygen atoms in total. The third-order valence-corrected chi connectivity index (χ3v) is 4.60. The molecule has 3 aromatic carbocycles. The quantitative estimate of drug-likeness (QED) is 0.299. The van der Waals surface area contributed by atoms with Crippen molar-refractivity contribution in [3.05, 3.63) is 100 Å². The average molecular weight is 454 g/mol. The first-order valence-electron chi connectivity index (χ1n) is 8.78. The number of benzene rings is 3. The summed E-state index contributed by atoms with van der Waals surface area (Å²) in [5.74, 6) is 0.751. The number of hydrogen-bond acceptors (Lipinski definition) is 3. The summed E-state index contributed by atoms with van der Waals surface area (Å²) in [4.78, 5) is 0. The molecule has 3 aromatic rings. The van der Waals surface area contributed by atoms with E-state index in [-0.39, 0.29) is 0 Å². The van der Waals surface area contributed by atoms with Crippen LogP contribution in [0.2, 0.25) is 0 Å². The van der Waals surface area contributed by atoms with Crippen molar-refractivity contribution in [2.24, 2.45) is 5.10 Å². The van der Waals surface area contributed by atoms with Gasteiger partial charge in [0.1, 0.15) is 12.4 Å². The first kappa shape index (κ1) is 20.0. The standard InChI is InChI=1S/C22H20BrN3OS/c23-20-11-12-21(27-16-18-9-5-2-6-10-18)19(13-20)15-25-26-22(28)24-14-17-7-3-1-4-8-17/h1-13,15H,14,16H2,(H2,24,26,28). The van der Waals surface area contributed by atoms with E-state index in [0.717, 1.165) is 26.9 Å². The Morgan fingerprint density at radius 1 is 0.964 bits per heavy atom. The van der Waals surface area contributed by atoms with Crippen LogP contribution in [0, 0.1) is 0 Å². The van der Waals surface area contributed by atoms with Gasteiger partial charge in [0.25, 0.3) is 0 Å². The SMILES string of the molecule is S=C(NCc1ccccc1)NN=Cc1cc(Br)ccc1OCc1ccccc1. The largest absolute Gasteiger partial charge is 0.488 e. The number of hydrogen-bond donors (Lipinski definition) is 2. The molecule has 0 bridgehead atoms. The van der Waals surface area contributed by atoms with E-state index in [1.165, 1.54) is 0 Å². The Morgan fingerprint density at radius 2 is 1.64 bits per heavy atom. The third-order valence-electron chi connectivity index (χ3n) is 3.87. The second-order valence-electron chi connectivity index (χ2n) is 5.99. The monoisotopic (exact) mass is 453 g/mol. The van der Waals surface area contributed by atoms with Crippen LogP contribution in [-0.2, 0) is 13.2 Å². The molecule has 0 radical (unpaired) electrons. The van der Waals surface area contributed by atoms with Crippen LogP contribution in [0.1, 0.15) is 16.7 Å². The fraction of sp³-hybridized carbons (Fsp3) is 0.0909. The van der Waals surface area contributed by atoms with Gasteiger partial charge >= 0.3 is 0 Å². The number of halogens is 1. The molecule has 2 N–H and O–H groups in total. The summed E-state index contributed by atoms with van der Waals surface area (Å²) in [5.41, 5.74) is 5.95. The van der Waals surface area contributed by atoms with E-state index in [1.54, 1.807) is 6.21 Å². The summed E-state index contributed by atoms with van der Waals surface area (Å²) in [6, 6.07) is 25.9. The normalized spacial score (nSPS) is 10.6. The highest BCUT2D eigenvalue weighted by molar-refractivity contribution is 9.10.